The van der Waals surface area contributed by atoms with Crippen molar-refractivity contribution < 1.29 is 81.8 Å². The zero-order chi connectivity index (χ0) is 99.9. The molecular formula is C98H138N20O17S. The van der Waals surface area contributed by atoms with Gasteiger partial charge in [0.2, 0.25) is 95.0 Å². The SMILES string of the molecule is CSCC[C@H](NC(=O)[C@H](C)NC(=O)CNC(=O)[C@@H](NC=O)C(C)C)C(=O)N[C@@H](C)C(=O)N[C@@H](C(=O)N[C@H](CC(C)C)C(=O)N[C@@H](Cc1c[nH]c2ccccc12)C(=O)N[C@H](CC(C)C)C(=O)N[C@@H](Cc1c[nH]c2ccccc12)C(=O)N[C@@H](C(=O)N[C@H](C(=O)N[C@@H](Cc1c[nH]c2ccccc12)C(=O)N[C@H](CC(C)C)C(=O)N[C@@H](Cc1c[nH]c2ccccc12)C(=O)NCCO)C(C)C)C(C)C)C(C)C. The Morgan fingerprint density at radius 1 is 0.316 bits per heavy atom. The van der Waals surface area contributed by atoms with E-state index in [4.69, 9.17) is 0 Å². The third-order valence-electron chi connectivity index (χ3n) is 23.5. The molecule has 0 radical (unpaired) electrons. The van der Waals surface area contributed by atoms with Gasteiger partial charge in [0.25, 0.3) is 0 Å². The minimum Gasteiger partial charge on any atom is -0.395 e. The highest BCUT2D eigenvalue weighted by atomic mass is 32.2. The van der Waals surface area contributed by atoms with E-state index in [0.29, 0.717) is 50.7 Å². The molecule has 0 fully saturated rings. The Morgan fingerprint density at radius 2 is 0.596 bits per heavy atom. The summed E-state index contributed by atoms with van der Waals surface area (Å²) in [5.74, 6) is -14.0. The van der Waals surface area contributed by atoms with Gasteiger partial charge in [0, 0.05) is 101 Å². The summed E-state index contributed by atoms with van der Waals surface area (Å²) in [4.78, 5) is 241. The number of carbonyl (C=O) groups is 16. The first-order valence-electron chi connectivity index (χ1n) is 46.6. The van der Waals surface area contributed by atoms with E-state index >= 15 is 33.6 Å². The van der Waals surface area contributed by atoms with Crippen molar-refractivity contribution in [3.63, 3.8) is 0 Å². The summed E-state index contributed by atoms with van der Waals surface area (Å²) in [7, 11) is 0. The lowest BCUT2D eigenvalue weighted by Gasteiger charge is -2.30. The molecule has 4 aromatic heterocycles. The van der Waals surface area contributed by atoms with Crippen molar-refractivity contribution in [1.82, 2.24) is 105 Å². The number of hydrogen-bond acceptors (Lipinski definition) is 18. The van der Waals surface area contributed by atoms with Crippen LogP contribution >= 0.6 is 11.8 Å². The summed E-state index contributed by atoms with van der Waals surface area (Å²) in [5.41, 5.74) is 5.50. The van der Waals surface area contributed by atoms with Gasteiger partial charge in [-0.15, -0.1) is 0 Å². The summed E-state index contributed by atoms with van der Waals surface area (Å²) in [6.45, 7) is 26.2. The summed E-state index contributed by atoms with van der Waals surface area (Å²) >= 11 is 1.38. The third kappa shape index (κ3) is 31.5. The number of rotatable bonds is 54. The molecule has 4 heterocycles. The molecule has 16 amide bonds. The summed E-state index contributed by atoms with van der Waals surface area (Å²) in [6, 6.07) is 11.1. The molecule has 0 saturated heterocycles. The van der Waals surface area contributed by atoms with Crippen molar-refractivity contribution in [1.29, 1.82) is 0 Å². The normalized spacial score (nSPS) is 14.7. The van der Waals surface area contributed by atoms with E-state index in [1.807, 2.05) is 126 Å². The molecule has 8 rings (SSSR count). The number of aromatic nitrogens is 4. The molecular weight excluding hydrogens is 1760 g/mol. The maximum Gasteiger partial charge on any atom is 0.243 e. The van der Waals surface area contributed by atoms with Crippen molar-refractivity contribution in [2.75, 3.05) is 31.7 Å². The number of thioether (sulfide) groups is 1. The Morgan fingerprint density at radius 3 is 0.941 bits per heavy atom. The van der Waals surface area contributed by atoms with Crippen LogP contribution in [0.25, 0.3) is 43.6 Å². The molecule has 38 heteroatoms. The predicted octanol–water partition coefficient (Wildman–Crippen LogP) is 4.08. The minimum atomic E-state index is -1.48. The molecule has 0 aliphatic heterocycles. The van der Waals surface area contributed by atoms with Gasteiger partial charge in [-0.3, -0.25) is 76.7 Å². The Bertz CT molecular complexity index is 5460. The number of aromatic amines is 4. The first kappa shape index (κ1) is 108. The smallest absolute Gasteiger partial charge is 0.243 e. The highest BCUT2D eigenvalue weighted by Crippen LogP contribution is 2.26. The van der Waals surface area contributed by atoms with E-state index in [-0.39, 0.29) is 88.2 Å². The van der Waals surface area contributed by atoms with Crippen LogP contribution in [0.2, 0.25) is 0 Å². The fourth-order valence-corrected chi connectivity index (χ4v) is 16.5. The van der Waals surface area contributed by atoms with Gasteiger partial charge < -0.3 is 110 Å². The van der Waals surface area contributed by atoms with E-state index in [0.717, 1.165) is 27.4 Å². The van der Waals surface area contributed by atoms with Crippen LogP contribution in [0.15, 0.2) is 122 Å². The molecule has 0 aliphatic rings. The second kappa shape index (κ2) is 52.1. The number of nitrogens with one attached hydrogen (secondary N) is 20. The highest BCUT2D eigenvalue weighted by molar-refractivity contribution is 7.98. The van der Waals surface area contributed by atoms with Gasteiger partial charge in [-0.2, -0.15) is 11.8 Å². The Hall–Kier alpha value is -13.1. The maximum atomic E-state index is 15.5. The lowest BCUT2D eigenvalue weighted by Crippen LogP contribution is -2.62. The van der Waals surface area contributed by atoms with Crippen molar-refractivity contribution in [2.45, 2.75) is 247 Å². The third-order valence-corrected chi connectivity index (χ3v) is 24.1. The van der Waals surface area contributed by atoms with Crippen molar-refractivity contribution in [2.24, 2.45) is 41.4 Å². The van der Waals surface area contributed by atoms with E-state index in [1.165, 1.54) is 25.6 Å². The van der Waals surface area contributed by atoms with Gasteiger partial charge >= 0.3 is 0 Å². The van der Waals surface area contributed by atoms with Gasteiger partial charge in [-0.05, 0) is 139 Å². The fourth-order valence-electron chi connectivity index (χ4n) is 16.1. The monoisotopic (exact) mass is 1900 g/mol. The van der Waals surface area contributed by atoms with Crippen LogP contribution in [0.4, 0.5) is 0 Å². The Kier molecular flexibility index (Phi) is 41.4. The molecule has 4 aromatic carbocycles. The zero-order valence-electron chi connectivity index (χ0n) is 80.6. The van der Waals surface area contributed by atoms with Crippen LogP contribution in [0, 0.1) is 41.4 Å². The number of para-hydroxylation sites is 4. The van der Waals surface area contributed by atoms with Crippen LogP contribution in [-0.4, -0.2) is 236 Å². The fraction of sp³-hybridized carbons (Fsp3) is 0.510. The van der Waals surface area contributed by atoms with Gasteiger partial charge in [-0.25, -0.2) is 0 Å². The molecule has 14 atom stereocenters. The molecule has 37 nitrogen and oxygen atoms in total. The van der Waals surface area contributed by atoms with Crippen molar-refractivity contribution in [3.05, 3.63) is 144 Å². The predicted molar refractivity (Wildman–Crippen MR) is 521 cm³/mol. The van der Waals surface area contributed by atoms with Crippen LogP contribution in [0.3, 0.4) is 0 Å². The quantitative estimate of drug-likeness (QED) is 0.0239. The number of amides is 16. The summed E-state index contributed by atoms with van der Waals surface area (Å²) in [5, 5.41) is 56.5. The number of hydrogen-bond donors (Lipinski definition) is 21. The maximum absolute atomic E-state index is 15.5. The van der Waals surface area contributed by atoms with E-state index < -0.39 is 197 Å². The minimum absolute atomic E-state index is 0.0126. The summed E-state index contributed by atoms with van der Waals surface area (Å²) < 4.78 is 0. The van der Waals surface area contributed by atoms with E-state index in [1.54, 1.807) is 98.6 Å². The molecule has 0 unspecified atom stereocenters. The van der Waals surface area contributed by atoms with E-state index in [9.17, 15) is 48.3 Å². The van der Waals surface area contributed by atoms with Crippen molar-refractivity contribution in [3.8, 4) is 0 Å². The first-order valence-corrected chi connectivity index (χ1v) is 48.0. The number of benzene rings is 4. The average molecular weight is 1900 g/mol. The molecule has 0 aliphatic carbocycles. The largest absolute Gasteiger partial charge is 0.395 e. The molecule has 21 N–H and O–H groups in total. The molecule has 0 spiro atoms. The van der Waals surface area contributed by atoms with Gasteiger partial charge in [0.15, 0.2) is 0 Å². The van der Waals surface area contributed by atoms with Crippen LogP contribution in [0.1, 0.15) is 159 Å². The molecule has 136 heavy (non-hydrogen) atoms. The van der Waals surface area contributed by atoms with E-state index in [2.05, 4.69) is 105 Å². The Labute approximate surface area is 797 Å². The van der Waals surface area contributed by atoms with Crippen molar-refractivity contribution >= 4 is 150 Å². The van der Waals surface area contributed by atoms with Crippen LogP contribution < -0.4 is 85.1 Å². The van der Waals surface area contributed by atoms with Crippen LogP contribution in [0.5, 0.6) is 0 Å². The van der Waals surface area contributed by atoms with Crippen LogP contribution in [-0.2, 0) is 102 Å². The lowest BCUT2D eigenvalue weighted by molar-refractivity contribution is -0.137. The first-order chi connectivity index (χ1) is 64.6. The second-order valence-corrected chi connectivity index (χ2v) is 38.3. The molecule has 8 aromatic rings. The topological polar surface area (TPSA) is 549 Å². The van der Waals surface area contributed by atoms with Gasteiger partial charge in [0.05, 0.1) is 13.2 Å². The average Bonchev–Trinajstić information content (AvgIpc) is 1.68. The Balaban J connectivity index is 1.000. The molecule has 738 valence electrons. The number of fused-ring (bicyclic) bond motifs is 4. The van der Waals surface area contributed by atoms with Gasteiger partial charge in [0.1, 0.15) is 84.6 Å². The molecule has 0 saturated carbocycles. The zero-order valence-corrected chi connectivity index (χ0v) is 81.4. The number of H-pyrrole nitrogens is 4. The second-order valence-electron chi connectivity index (χ2n) is 37.4. The van der Waals surface area contributed by atoms with Gasteiger partial charge in [-0.1, -0.05) is 170 Å². The summed E-state index contributed by atoms with van der Waals surface area (Å²) in [6.07, 6.45) is 8.80. The number of aliphatic hydroxyl groups excluding tert-OH is 1. The standard InChI is InChI=1S/C98H138N20O17S/c1-51(2)38-73(89(126)111-76(87(124)99-35-36-119)41-60-45-100-68-30-22-18-26-64(60)68)110-93(130)78(43-62-47-102-70-32-24-20-28-66(62)70)115-97(134)83(56(11)12)118-98(135)84(57(13)14)117-94(131)79(44-63-48-103-71-33-25-21-29-67(63)71)113-90(127)74(39-52(3)4)109-92(129)77(42-61-46-101-69-31-23-19-27-65(61)69)112-91(128)75(40-53(5)6)114-96(133)82(55(9)10)116-86(123)59(16)107-88(125)72(34-37-136-17)108-85(122)58(15)106-80(121)49-104-95(132)81(54(7)8)105-50-120/h18-33,45-48,50-59,72-79,81-84,100-103,119H,34-44,49H2,1-17H3,(H,99,124)(H,104,132)(H,105,120)(H,106,121)(H,107,125)(H,108,122)(H,109,129)(H,110,130)(H,111,126)(H,112,128)(H,113,127)(H,114,133)(H,115,134)(H,116,123)(H,117,131)(H,118,135)/t58-,59-,72-,73+,74+,75+,76-,77-,78-,79-,81-,82+,83-,84+/m0/s1. The number of aliphatic hydroxyl groups is 1. The highest BCUT2D eigenvalue weighted by Gasteiger charge is 2.41. The lowest BCUT2D eigenvalue weighted by atomic mass is 9.97. The number of carbonyl (C=O) groups excluding carboxylic acids is 16. The molecule has 0 bridgehead atoms.